The van der Waals surface area contributed by atoms with Crippen molar-refractivity contribution in [2.24, 2.45) is 5.92 Å². The Morgan fingerprint density at radius 1 is 1.02 bits per heavy atom. The van der Waals surface area contributed by atoms with E-state index in [1.54, 1.807) is 6.08 Å². The van der Waals surface area contributed by atoms with Crippen LogP contribution in [0.25, 0.3) is 0 Å². The molecule has 1 aliphatic heterocycles. The highest BCUT2D eigenvalue weighted by molar-refractivity contribution is 5.33. The summed E-state index contributed by atoms with van der Waals surface area (Å²) in [6.45, 7) is 16.8. The predicted octanol–water partition coefficient (Wildman–Crippen LogP) is 8.66. The van der Waals surface area contributed by atoms with E-state index in [4.69, 9.17) is 0 Å². The molecule has 1 aromatic rings. The van der Waals surface area contributed by atoms with Crippen LogP contribution in [0.5, 0.6) is 0 Å². The van der Waals surface area contributed by atoms with Crippen LogP contribution in [0.15, 0.2) is 66.9 Å². The Morgan fingerprint density at radius 2 is 1.68 bits per heavy atom. The number of halogens is 6. The molecule has 0 radical (unpaired) electrons. The van der Waals surface area contributed by atoms with Crippen LogP contribution in [0.3, 0.4) is 0 Å². The third-order valence-electron chi connectivity index (χ3n) is 7.50. The Morgan fingerprint density at radius 3 is 2.27 bits per heavy atom. The van der Waals surface area contributed by atoms with Gasteiger partial charge in [-0.25, -0.2) is 0 Å². The number of allylic oxidation sites excluding steroid dienone is 6. The molecule has 3 nitrogen and oxygen atoms in total. The predicted molar refractivity (Wildman–Crippen MR) is 155 cm³/mol. The number of likely N-dealkylation sites (tertiary alicyclic amines) is 1. The number of nitrogens with zero attached hydrogens (tertiary/aromatic N) is 1. The summed E-state index contributed by atoms with van der Waals surface area (Å²) in [7, 11) is 0. The lowest BCUT2D eigenvalue weighted by atomic mass is 9.92. The first kappa shape index (κ1) is 34.7. The molecule has 1 fully saturated rings. The fourth-order valence-corrected chi connectivity index (χ4v) is 5.13. The minimum Gasteiger partial charge on any atom is -0.385 e. The average Bonchev–Trinajstić information content (AvgIpc) is 3.14. The minimum atomic E-state index is -4.86. The second-order valence-electron chi connectivity index (χ2n) is 11.2. The van der Waals surface area contributed by atoms with Gasteiger partial charge in [0.25, 0.3) is 0 Å². The van der Waals surface area contributed by atoms with Crippen LogP contribution >= 0.6 is 0 Å². The van der Waals surface area contributed by atoms with E-state index in [0.29, 0.717) is 30.1 Å². The van der Waals surface area contributed by atoms with E-state index in [-0.39, 0.29) is 18.2 Å². The molecule has 2 atom stereocenters. The van der Waals surface area contributed by atoms with Crippen molar-refractivity contribution in [1.82, 2.24) is 15.5 Å². The van der Waals surface area contributed by atoms with Gasteiger partial charge in [0.2, 0.25) is 0 Å². The zero-order valence-electron chi connectivity index (χ0n) is 24.5. The first-order valence-corrected chi connectivity index (χ1v) is 14.3. The maximum atomic E-state index is 13.2. The minimum absolute atomic E-state index is 0.0873. The van der Waals surface area contributed by atoms with Gasteiger partial charge in [-0.05, 0) is 88.2 Å². The highest BCUT2D eigenvalue weighted by Crippen LogP contribution is 2.36. The Kier molecular flexibility index (Phi) is 13.7. The molecule has 2 rings (SSSR count). The van der Waals surface area contributed by atoms with Crippen molar-refractivity contribution in [2.75, 3.05) is 19.6 Å². The van der Waals surface area contributed by atoms with Crippen molar-refractivity contribution < 1.29 is 26.3 Å². The first-order chi connectivity index (χ1) is 19.2. The summed E-state index contributed by atoms with van der Waals surface area (Å²) in [5.41, 5.74) is -0.735. The summed E-state index contributed by atoms with van der Waals surface area (Å²) in [6.07, 6.45) is 3.82. The van der Waals surface area contributed by atoms with Crippen LogP contribution in [0.4, 0.5) is 26.3 Å². The van der Waals surface area contributed by atoms with E-state index < -0.39 is 23.5 Å². The van der Waals surface area contributed by atoms with Crippen molar-refractivity contribution in [3.05, 3.63) is 83.6 Å². The highest BCUT2D eigenvalue weighted by atomic mass is 19.4. The molecule has 1 heterocycles. The molecule has 1 aromatic carbocycles. The summed E-state index contributed by atoms with van der Waals surface area (Å²) in [5, 5.41) is 6.49. The second-order valence-corrected chi connectivity index (χ2v) is 11.2. The topological polar surface area (TPSA) is 27.3 Å². The zero-order valence-corrected chi connectivity index (χ0v) is 24.5. The number of hydrogen-bond acceptors (Lipinski definition) is 3. The molecule has 9 heteroatoms. The molecular formula is C32H45F6N3. The third kappa shape index (κ3) is 12.5. The van der Waals surface area contributed by atoms with Crippen LogP contribution in [-0.4, -0.2) is 36.6 Å². The van der Waals surface area contributed by atoms with Gasteiger partial charge in [-0.2, -0.15) is 26.3 Å². The first-order valence-electron chi connectivity index (χ1n) is 14.3. The Bertz CT molecular complexity index is 1010. The van der Waals surface area contributed by atoms with Crippen LogP contribution in [0.2, 0.25) is 0 Å². The van der Waals surface area contributed by atoms with Crippen LogP contribution < -0.4 is 10.6 Å². The van der Waals surface area contributed by atoms with Crippen molar-refractivity contribution in [1.29, 1.82) is 0 Å². The molecule has 230 valence electrons. The maximum Gasteiger partial charge on any atom is 0.416 e. The van der Waals surface area contributed by atoms with Crippen LogP contribution in [0.1, 0.15) is 76.0 Å². The lowest BCUT2D eigenvalue weighted by Crippen LogP contribution is -2.44. The molecule has 0 aromatic heterocycles. The van der Waals surface area contributed by atoms with Gasteiger partial charge >= 0.3 is 12.4 Å². The van der Waals surface area contributed by atoms with E-state index in [9.17, 15) is 26.3 Å². The number of alkyl halides is 6. The van der Waals surface area contributed by atoms with Gasteiger partial charge in [-0.3, -0.25) is 4.90 Å². The molecular weight excluding hydrogens is 540 g/mol. The number of hydrogen-bond donors (Lipinski definition) is 2. The quantitative estimate of drug-likeness (QED) is 0.169. The van der Waals surface area contributed by atoms with Gasteiger partial charge in [0.15, 0.2) is 0 Å². The molecule has 0 aliphatic carbocycles. The van der Waals surface area contributed by atoms with Crippen molar-refractivity contribution in [2.45, 2.75) is 90.3 Å². The van der Waals surface area contributed by atoms with Gasteiger partial charge in [-0.1, -0.05) is 56.9 Å². The fourth-order valence-electron chi connectivity index (χ4n) is 5.13. The zero-order chi connectivity index (χ0) is 30.6. The molecule has 1 aliphatic rings. The van der Waals surface area contributed by atoms with Gasteiger partial charge in [0, 0.05) is 30.9 Å². The van der Waals surface area contributed by atoms with Gasteiger partial charge in [0.05, 0.1) is 11.1 Å². The standard InChI is InChI=1S/C32H45F6N3/c1-6-7-8-11-24(4)27-13-10-16-41(17-15-27)30(22-39-23(2)3)14-9-12-25(5)40-21-26-18-28(31(33,34)35)20-29(19-26)32(36,37)38/h6-8,11,18-20,23,27,30,39-40H,1,5,9-10,12-17,21-22H2,2-4H3/b8-7-,24-11+/t27?,30-/m0/s1. The van der Waals surface area contributed by atoms with Crippen molar-refractivity contribution in [3.8, 4) is 0 Å². The molecule has 0 saturated carbocycles. The maximum absolute atomic E-state index is 13.2. The molecule has 2 N–H and O–H groups in total. The van der Waals surface area contributed by atoms with Crippen LogP contribution in [-0.2, 0) is 18.9 Å². The smallest absolute Gasteiger partial charge is 0.385 e. The summed E-state index contributed by atoms with van der Waals surface area (Å²) < 4.78 is 79.0. The van der Waals surface area contributed by atoms with Gasteiger partial charge in [-0.15, -0.1) is 0 Å². The average molecular weight is 586 g/mol. The molecule has 0 bridgehead atoms. The monoisotopic (exact) mass is 585 g/mol. The number of rotatable bonds is 14. The Labute approximate surface area is 241 Å². The van der Waals surface area contributed by atoms with Gasteiger partial charge in [0.1, 0.15) is 0 Å². The molecule has 1 saturated heterocycles. The van der Waals surface area contributed by atoms with E-state index >= 15 is 0 Å². The molecule has 0 amide bonds. The number of nitrogens with one attached hydrogen (secondary N) is 2. The lowest BCUT2D eigenvalue weighted by Gasteiger charge is -2.32. The van der Waals surface area contributed by atoms with Crippen molar-refractivity contribution >= 4 is 0 Å². The van der Waals surface area contributed by atoms with E-state index in [2.05, 4.69) is 55.5 Å². The molecule has 41 heavy (non-hydrogen) atoms. The summed E-state index contributed by atoms with van der Waals surface area (Å²) in [6, 6.07) is 2.33. The fraction of sp³-hybridized carbons (Fsp3) is 0.562. The summed E-state index contributed by atoms with van der Waals surface area (Å²) in [4.78, 5) is 2.56. The number of benzene rings is 1. The largest absolute Gasteiger partial charge is 0.416 e. The highest BCUT2D eigenvalue weighted by Gasteiger charge is 2.36. The SMILES string of the molecule is C=C/C=C\C=C(/C)C1CCCN([C@@H](CCCC(=C)NCc2cc(C(F)(F)F)cc(C(F)(F)F)c2)CNC(C)C)CC1. The van der Waals surface area contributed by atoms with E-state index in [1.807, 2.05) is 12.2 Å². The summed E-state index contributed by atoms with van der Waals surface area (Å²) >= 11 is 0. The normalized spacial score (nSPS) is 18.5. The van der Waals surface area contributed by atoms with Crippen molar-refractivity contribution in [3.63, 3.8) is 0 Å². The van der Waals surface area contributed by atoms with E-state index in [0.717, 1.165) is 63.9 Å². The third-order valence-corrected chi connectivity index (χ3v) is 7.50. The summed E-state index contributed by atoms with van der Waals surface area (Å²) in [5.74, 6) is 0.547. The van der Waals surface area contributed by atoms with Gasteiger partial charge < -0.3 is 10.6 Å². The lowest BCUT2D eigenvalue weighted by molar-refractivity contribution is -0.143. The molecule has 0 spiro atoms. The van der Waals surface area contributed by atoms with E-state index in [1.165, 1.54) is 5.57 Å². The molecule has 1 unspecified atom stereocenters. The van der Waals surface area contributed by atoms with Crippen LogP contribution in [0, 0.1) is 5.92 Å². The Balaban J connectivity index is 1.96. The second kappa shape index (κ2) is 16.2. The Hall–Kier alpha value is -2.52.